The van der Waals surface area contributed by atoms with Gasteiger partial charge in [-0.05, 0) is 43.5 Å². The Labute approximate surface area is 168 Å². The minimum Gasteiger partial charge on any atom is -0.427 e. The van der Waals surface area contributed by atoms with Crippen molar-refractivity contribution in [3.8, 4) is 5.69 Å². The summed E-state index contributed by atoms with van der Waals surface area (Å²) in [6, 6.07) is 9.53. The van der Waals surface area contributed by atoms with Gasteiger partial charge >= 0.3 is 5.63 Å². The van der Waals surface area contributed by atoms with Gasteiger partial charge < -0.3 is 19.0 Å². The van der Waals surface area contributed by atoms with E-state index in [1.165, 1.54) is 0 Å². The van der Waals surface area contributed by atoms with Crippen LogP contribution in [-0.2, 0) is 11.3 Å². The predicted molar refractivity (Wildman–Crippen MR) is 107 cm³/mol. The lowest BCUT2D eigenvalue weighted by Gasteiger charge is -2.13. The van der Waals surface area contributed by atoms with Crippen LogP contribution in [0, 0.1) is 13.8 Å². The fourth-order valence-corrected chi connectivity index (χ4v) is 3.66. The van der Waals surface area contributed by atoms with E-state index in [4.69, 9.17) is 9.15 Å². The van der Waals surface area contributed by atoms with Crippen LogP contribution in [0.2, 0.25) is 0 Å². The Hall–Kier alpha value is -3.19. The molecule has 0 radical (unpaired) electrons. The standard InChI is InChI=1S/C22H23N3O4/c1-14-11-19(17-7-10-28-13-17)29-22(27)20(14)21(26)24-12-16-5-3-4-6-18(16)25-9-8-23-15(25)2/h3-6,8-9,11,17H,7,10,12-13H2,1-2H3,(H,24,26). The van der Waals surface area contributed by atoms with Crippen LogP contribution in [0.1, 0.15) is 45.4 Å². The lowest BCUT2D eigenvalue weighted by molar-refractivity contribution is 0.0945. The van der Waals surface area contributed by atoms with Gasteiger partial charge in [0.15, 0.2) is 0 Å². The van der Waals surface area contributed by atoms with Gasteiger partial charge in [-0.25, -0.2) is 9.78 Å². The van der Waals surface area contributed by atoms with Crippen molar-refractivity contribution in [1.29, 1.82) is 0 Å². The molecule has 1 fully saturated rings. The zero-order chi connectivity index (χ0) is 20.4. The van der Waals surface area contributed by atoms with Crippen molar-refractivity contribution in [2.75, 3.05) is 13.2 Å². The summed E-state index contributed by atoms with van der Waals surface area (Å²) in [4.78, 5) is 29.5. The molecule has 1 aromatic carbocycles. The predicted octanol–water partition coefficient (Wildman–Crippen LogP) is 2.88. The molecule has 7 heteroatoms. The molecule has 4 rings (SSSR count). The number of nitrogens with one attached hydrogen (secondary N) is 1. The SMILES string of the molecule is Cc1cc(C2CCOC2)oc(=O)c1C(=O)NCc1ccccc1-n1ccnc1C. The normalized spacial score (nSPS) is 16.1. The molecular formula is C22H23N3O4. The summed E-state index contributed by atoms with van der Waals surface area (Å²) < 4.78 is 12.8. The number of carbonyl (C=O) groups excluding carboxylic acids is 1. The number of rotatable bonds is 5. The smallest absolute Gasteiger partial charge is 0.349 e. The van der Waals surface area contributed by atoms with Gasteiger partial charge in [0.25, 0.3) is 5.91 Å². The number of aryl methyl sites for hydroxylation is 2. The van der Waals surface area contributed by atoms with Crippen molar-refractivity contribution >= 4 is 5.91 Å². The number of nitrogens with zero attached hydrogens (tertiary/aromatic N) is 2. The van der Waals surface area contributed by atoms with Crippen molar-refractivity contribution in [2.45, 2.75) is 32.7 Å². The van der Waals surface area contributed by atoms with Crippen molar-refractivity contribution in [1.82, 2.24) is 14.9 Å². The Morgan fingerprint density at radius 3 is 2.83 bits per heavy atom. The summed E-state index contributed by atoms with van der Waals surface area (Å²) in [6.45, 7) is 5.16. The Balaban J connectivity index is 1.54. The number of carbonyl (C=O) groups is 1. The van der Waals surface area contributed by atoms with Crippen LogP contribution in [0.3, 0.4) is 0 Å². The van der Waals surface area contributed by atoms with Gasteiger partial charge in [-0.15, -0.1) is 0 Å². The molecule has 1 amide bonds. The third-order valence-corrected chi connectivity index (χ3v) is 5.24. The van der Waals surface area contributed by atoms with E-state index in [0.717, 1.165) is 23.5 Å². The number of hydrogen-bond acceptors (Lipinski definition) is 5. The van der Waals surface area contributed by atoms with Crippen LogP contribution >= 0.6 is 0 Å². The highest BCUT2D eigenvalue weighted by molar-refractivity contribution is 5.95. The van der Waals surface area contributed by atoms with Gasteiger partial charge in [0.05, 0.1) is 12.3 Å². The minimum absolute atomic E-state index is 0.0453. The fraction of sp³-hybridized carbons (Fsp3) is 0.318. The Kier molecular flexibility index (Phi) is 5.31. The van der Waals surface area contributed by atoms with Crippen LogP contribution < -0.4 is 10.9 Å². The van der Waals surface area contributed by atoms with Gasteiger partial charge in [-0.3, -0.25) is 4.79 Å². The van der Waals surface area contributed by atoms with E-state index >= 15 is 0 Å². The zero-order valence-corrected chi connectivity index (χ0v) is 16.5. The van der Waals surface area contributed by atoms with Crippen molar-refractivity contribution in [2.24, 2.45) is 0 Å². The highest BCUT2D eigenvalue weighted by Gasteiger charge is 2.24. The summed E-state index contributed by atoms with van der Waals surface area (Å²) in [5, 5.41) is 2.85. The Morgan fingerprint density at radius 1 is 1.31 bits per heavy atom. The van der Waals surface area contributed by atoms with Crippen LogP contribution in [0.15, 0.2) is 51.9 Å². The van der Waals surface area contributed by atoms with Crippen LogP contribution in [0.5, 0.6) is 0 Å². The number of amides is 1. The minimum atomic E-state index is -0.608. The number of para-hydroxylation sites is 1. The van der Waals surface area contributed by atoms with Crippen LogP contribution in [-0.4, -0.2) is 28.7 Å². The molecule has 3 aromatic rings. The molecule has 1 N–H and O–H groups in total. The Morgan fingerprint density at radius 2 is 2.14 bits per heavy atom. The molecule has 1 atom stereocenters. The van der Waals surface area contributed by atoms with Gasteiger partial charge in [0.2, 0.25) is 0 Å². The molecule has 1 unspecified atom stereocenters. The van der Waals surface area contributed by atoms with Crippen molar-refractivity contribution < 1.29 is 13.9 Å². The van der Waals surface area contributed by atoms with E-state index in [-0.39, 0.29) is 18.0 Å². The first-order chi connectivity index (χ1) is 14.0. The van der Waals surface area contributed by atoms with Gasteiger partial charge in [-0.1, -0.05) is 18.2 Å². The monoisotopic (exact) mass is 393 g/mol. The lowest BCUT2D eigenvalue weighted by atomic mass is 10.0. The number of imidazole rings is 1. The molecule has 3 heterocycles. The lowest BCUT2D eigenvalue weighted by Crippen LogP contribution is -2.30. The topological polar surface area (TPSA) is 86.4 Å². The third-order valence-electron chi connectivity index (χ3n) is 5.24. The molecule has 150 valence electrons. The van der Waals surface area contributed by atoms with Gasteiger partial charge in [0, 0.05) is 31.5 Å². The molecule has 7 nitrogen and oxygen atoms in total. The molecular weight excluding hydrogens is 370 g/mol. The van der Waals surface area contributed by atoms with E-state index in [1.807, 2.05) is 42.0 Å². The average Bonchev–Trinajstić information content (AvgIpc) is 3.38. The molecule has 2 aromatic heterocycles. The fourth-order valence-electron chi connectivity index (χ4n) is 3.66. The van der Waals surface area contributed by atoms with E-state index in [9.17, 15) is 9.59 Å². The second-order valence-electron chi connectivity index (χ2n) is 7.21. The van der Waals surface area contributed by atoms with E-state index in [2.05, 4.69) is 10.3 Å². The largest absolute Gasteiger partial charge is 0.427 e. The maximum Gasteiger partial charge on any atom is 0.349 e. The second-order valence-corrected chi connectivity index (χ2v) is 7.21. The van der Waals surface area contributed by atoms with E-state index in [1.54, 1.807) is 19.2 Å². The van der Waals surface area contributed by atoms with E-state index < -0.39 is 11.5 Å². The summed E-state index contributed by atoms with van der Waals surface area (Å²) in [7, 11) is 0. The quantitative estimate of drug-likeness (QED) is 0.720. The highest BCUT2D eigenvalue weighted by Crippen LogP contribution is 2.25. The molecule has 0 bridgehead atoms. The summed E-state index contributed by atoms with van der Waals surface area (Å²) in [5.74, 6) is 1.07. The van der Waals surface area contributed by atoms with Crippen LogP contribution in [0.25, 0.3) is 5.69 Å². The van der Waals surface area contributed by atoms with E-state index in [0.29, 0.717) is 24.5 Å². The van der Waals surface area contributed by atoms with Crippen molar-refractivity contribution in [3.63, 3.8) is 0 Å². The molecule has 1 saturated heterocycles. The van der Waals surface area contributed by atoms with Crippen molar-refractivity contribution in [3.05, 3.63) is 81.4 Å². The highest BCUT2D eigenvalue weighted by atomic mass is 16.5. The summed E-state index contributed by atoms with van der Waals surface area (Å²) >= 11 is 0. The second kappa shape index (κ2) is 8.05. The number of aromatic nitrogens is 2. The third kappa shape index (κ3) is 3.86. The molecule has 0 aliphatic carbocycles. The molecule has 29 heavy (non-hydrogen) atoms. The summed E-state index contributed by atoms with van der Waals surface area (Å²) in [5.41, 5.74) is 1.90. The molecule has 0 spiro atoms. The Bertz CT molecular complexity index is 1090. The average molecular weight is 393 g/mol. The maximum atomic E-state index is 12.7. The number of benzene rings is 1. The maximum absolute atomic E-state index is 12.7. The van der Waals surface area contributed by atoms with Crippen LogP contribution in [0.4, 0.5) is 0 Å². The summed E-state index contributed by atoms with van der Waals surface area (Å²) in [6.07, 6.45) is 4.43. The zero-order valence-electron chi connectivity index (χ0n) is 16.5. The molecule has 0 saturated carbocycles. The molecule has 1 aliphatic heterocycles. The molecule has 1 aliphatic rings. The van der Waals surface area contributed by atoms with Gasteiger partial charge in [0.1, 0.15) is 17.1 Å². The first-order valence-corrected chi connectivity index (χ1v) is 9.63. The number of ether oxygens (including phenoxy) is 1. The number of hydrogen-bond donors (Lipinski definition) is 1. The first-order valence-electron chi connectivity index (χ1n) is 9.63. The first kappa shape index (κ1) is 19.1. The van der Waals surface area contributed by atoms with Gasteiger partial charge in [-0.2, -0.15) is 0 Å².